The van der Waals surface area contributed by atoms with Crippen LogP contribution in [0.1, 0.15) is 36.2 Å². The van der Waals surface area contributed by atoms with Crippen LogP contribution in [0.5, 0.6) is 5.75 Å². The highest BCUT2D eigenvalue weighted by molar-refractivity contribution is 9.09. The van der Waals surface area contributed by atoms with E-state index >= 15 is 0 Å². The van der Waals surface area contributed by atoms with Crippen molar-refractivity contribution in [1.29, 1.82) is 0 Å². The van der Waals surface area contributed by atoms with Gasteiger partial charge in [-0.2, -0.15) is 0 Å². The zero-order chi connectivity index (χ0) is 14.4. The molecule has 0 aliphatic carbocycles. The Morgan fingerprint density at radius 1 is 1.15 bits per heavy atom. The number of hydrogen-bond donors (Lipinski definition) is 0. The largest absolute Gasteiger partial charge is 0.489 e. The maximum absolute atomic E-state index is 5.67. The van der Waals surface area contributed by atoms with Crippen LogP contribution in [-0.2, 0) is 6.42 Å². The molecule has 106 valence electrons. The molecule has 0 aliphatic heterocycles. The van der Waals surface area contributed by atoms with E-state index in [2.05, 4.69) is 51.2 Å². The Hall–Kier alpha value is -1.35. The topological polar surface area (TPSA) is 22.1 Å². The predicted octanol–water partition coefficient (Wildman–Crippen LogP) is 4.94. The van der Waals surface area contributed by atoms with Crippen LogP contribution < -0.4 is 4.74 Å². The van der Waals surface area contributed by atoms with Gasteiger partial charge in [0, 0.05) is 11.0 Å². The monoisotopic (exact) mass is 333 g/mol. The maximum atomic E-state index is 5.67. The lowest BCUT2D eigenvalue weighted by molar-refractivity contribution is 0.241. The molecular weight excluding hydrogens is 314 g/mol. The first-order valence-electron chi connectivity index (χ1n) is 6.95. The summed E-state index contributed by atoms with van der Waals surface area (Å²) in [5.41, 5.74) is 2.53. The second kappa shape index (κ2) is 7.44. The van der Waals surface area contributed by atoms with Crippen molar-refractivity contribution >= 4 is 15.9 Å². The van der Waals surface area contributed by atoms with Crippen LogP contribution in [0.4, 0.5) is 0 Å². The first-order valence-corrected chi connectivity index (χ1v) is 7.86. The molecule has 0 spiro atoms. The Balaban J connectivity index is 1.94. The number of aryl methyl sites for hydroxylation is 1. The van der Waals surface area contributed by atoms with Crippen LogP contribution in [0.3, 0.4) is 0 Å². The molecule has 3 heteroatoms. The van der Waals surface area contributed by atoms with Crippen LogP contribution in [0, 0.1) is 0 Å². The van der Waals surface area contributed by atoms with Crippen LogP contribution in [0.15, 0.2) is 48.8 Å². The minimum Gasteiger partial charge on any atom is -0.489 e. The van der Waals surface area contributed by atoms with E-state index in [1.54, 1.807) is 6.20 Å². The molecule has 2 nitrogen and oxygen atoms in total. The minimum absolute atomic E-state index is 0.181. The fourth-order valence-corrected chi connectivity index (χ4v) is 2.59. The van der Waals surface area contributed by atoms with Gasteiger partial charge in [0.1, 0.15) is 5.75 Å². The zero-order valence-electron chi connectivity index (χ0n) is 11.9. The second-order valence-electron chi connectivity index (χ2n) is 5.11. The number of pyridine rings is 1. The summed E-state index contributed by atoms with van der Waals surface area (Å²) in [7, 11) is 0. The highest BCUT2D eigenvalue weighted by Crippen LogP contribution is 2.28. The molecule has 1 aromatic carbocycles. The second-order valence-corrected chi connectivity index (χ2v) is 6.22. The number of ether oxygens (including phenoxy) is 1. The number of rotatable bonds is 6. The molecule has 1 atom stereocenters. The first kappa shape index (κ1) is 15.0. The third kappa shape index (κ3) is 4.64. The highest BCUT2D eigenvalue weighted by atomic mass is 79.9. The van der Waals surface area contributed by atoms with Crippen molar-refractivity contribution in [2.75, 3.05) is 0 Å². The van der Waals surface area contributed by atoms with E-state index in [0.717, 1.165) is 18.6 Å². The standard InChI is InChI=1S/C17H20BrNO/c1-13(2)20-16-10-14(11-19-12-16)8-9-17(18)15-6-4-3-5-7-15/h3-7,10-13,17H,8-9H2,1-2H3. The van der Waals surface area contributed by atoms with Gasteiger partial charge in [-0.3, -0.25) is 4.98 Å². The van der Waals surface area contributed by atoms with E-state index in [4.69, 9.17) is 4.74 Å². The van der Waals surface area contributed by atoms with Gasteiger partial charge in [0.15, 0.2) is 0 Å². The fraction of sp³-hybridized carbons (Fsp3) is 0.353. The molecule has 0 aliphatic rings. The number of hydrogen-bond acceptors (Lipinski definition) is 2. The molecule has 0 amide bonds. The van der Waals surface area contributed by atoms with Gasteiger partial charge < -0.3 is 4.74 Å². The van der Waals surface area contributed by atoms with Crippen molar-refractivity contribution in [3.63, 3.8) is 0 Å². The van der Waals surface area contributed by atoms with Gasteiger partial charge in [-0.25, -0.2) is 0 Å². The van der Waals surface area contributed by atoms with Crippen molar-refractivity contribution in [2.24, 2.45) is 0 Å². The average Bonchev–Trinajstić information content (AvgIpc) is 2.45. The van der Waals surface area contributed by atoms with Gasteiger partial charge >= 0.3 is 0 Å². The van der Waals surface area contributed by atoms with Crippen LogP contribution in [0.25, 0.3) is 0 Å². The van der Waals surface area contributed by atoms with Gasteiger partial charge in [-0.15, -0.1) is 0 Å². The quantitative estimate of drug-likeness (QED) is 0.698. The summed E-state index contributed by atoms with van der Waals surface area (Å²) in [6.45, 7) is 4.05. The normalized spacial score (nSPS) is 12.4. The van der Waals surface area contributed by atoms with Gasteiger partial charge in [-0.05, 0) is 43.9 Å². The zero-order valence-corrected chi connectivity index (χ0v) is 13.5. The van der Waals surface area contributed by atoms with Gasteiger partial charge in [0.05, 0.1) is 12.3 Å². The van der Waals surface area contributed by atoms with Crippen molar-refractivity contribution in [1.82, 2.24) is 4.98 Å². The molecule has 2 rings (SSSR count). The summed E-state index contributed by atoms with van der Waals surface area (Å²) >= 11 is 3.75. The van der Waals surface area contributed by atoms with E-state index in [1.807, 2.05) is 26.1 Å². The van der Waals surface area contributed by atoms with Crippen molar-refractivity contribution < 1.29 is 4.74 Å². The molecule has 0 saturated carbocycles. The fourth-order valence-electron chi connectivity index (χ4n) is 2.06. The Bertz CT molecular complexity index is 528. The number of nitrogens with zero attached hydrogens (tertiary/aromatic N) is 1. The van der Waals surface area contributed by atoms with Gasteiger partial charge in [-0.1, -0.05) is 46.3 Å². The number of alkyl halides is 1. The van der Waals surface area contributed by atoms with Crippen LogP contribution in [0.2, 0.25) is 0 Å². The molecule has 1 heterocycles. The lowest BCUT2D eigenvalue weighted by atomic mass is 10.1. The third-order valence-corrected chi connectivity index (χ3v) is 3.98. The van der Waals surface area contributed by atoms with E-state index in [9.17, 15) is 0 Å². The van der Waals surface area contributed by atoms with E-state index in [0.29, 0.717) is 4.83 Å². The van der Waals surface area contributed by atoms with E-state index in [-0.39, 0.29) is 6.10 Å². The minimum atomic E-state index is 0.181. The summed E-state index contributed by atoms with van der Waals surface area (Å²) in [6, 6.07) is 12.6. The SMILES string of the molecule is CC(C)Oc1cncc(CCC(Br)c2ccccc2)c1. The summed E-state index contributed by atoms with van der Waals surface area (Å²) in [5, 5.41) is 0. The Labute approximate surface area is 129 Å². The van der Waals surface area contributed by atoms with E-state index in [1.165, 1.54) is 11.1 Å². The van der Waals surface area contributed by atoms with E-state index < -0.39 is 0 Å². The first-order chi connectivity index (χ1) is 9.65. The molecule has 1 aromatic heterocycles. The Kier molecular flexibility index (Phi) is 5.60. The number of aromatic nitrogens is 1. The number of halogens is 1. The maximum Gasteiger partial charge on any atom is 0.138 e. The molecule has 0 bridgehead atoms. The molecule has 1 unspecified atom stereocenters. The molecule has 0 fully saturated rings. The number of benzene rings is 1. The van der Waals surface area contributed by atoms with Gasteiger partial charge in [0.2, 0.25) is 0 Å². The summed E-state index contributed by atoms with van der Waals surface area (Å²) in [5.74, 6) is 0.850. The predicted molar refractivity (Wildman–Crippen MR) is 86.4 cm³/mol. The molecular formula is C17H20BrNO. The molecule has 2 aromatic rings. The lowest BCUT2D eigenvalue weighted by Gasteiger charge is -2.12. The summed E-state index contributed by atoms with van der Waals surface area (Å²) in [4.78, 5) is 4.62. The molecule has 0 radical (unpaired) electrons. The van der Waals surface area contributed by atoms with Crippen molar-refractivity contribution in [3.05, 3.63) is 59.9 Å². The Morgan fingerprint density at radius 2 is 1.90 bits per heavy atom. The van der Waals surface area contributed by atoms with Crippen molar-refractivity contribution in [3.8, 4) is 5.75 Å². The average molecular weight is 334 g/mol. The van der Waals surface area contributed by atoms with Crippen LogP contribution in [-0.4, -0.2) is 11.1 Å². The van der Waals surface area contributed by atoms with Gasteiger partial charge in [0.25, 0.3) is 0 Å². The summed E-state index contributed by atoms with van der Waals surface area (Å²) in [6.07, 6.45) is 5.88. The van der Waals surface area contributed by atoms with Crippen LogP contribution >= 0.6 is 15.9 Å². The Morgan fingerprint density at radius 3 is 2.60 bits per heavy atom. The molecule has 0 N–H and O–H groups in total. The van der Waals surface area contributed by atoms with Crippen molar-refractivity contribution in [2.45, 2.75) is 37.6 Å². The third-order valence-electron chi connectivity index (χ3n) is 2.99. The molecule has 0 saturated heterocycles. The molecule has 20 heavy (non-hydrogen) atoms. The highest BCUT2D eigenvalue weighted by Gasteiger charge is 2.08. The summed E-state index contributed by atoms with van der Waals surface area (Å²) < 4.78 is 5.67. The lowest BCUT2D eigenvalue weighted by Crippen LogP contribution is -2.06. The smallest absolute Gasteiger partial charge is 0.138 e.